The van der Waals surface area contributed by atoms with Crippen molar-refractivity contribution >= 4 is 34.6 Å². The molecule has 7 heteroatoms. The van der Waals surface area contributed by atoms with Crippen LogP contribution in [0.5, 0.6) is 0 Å². The number of amides is 1. The fourth-order valence-electron chi connectivity index (χ4n) is 2.97. The van der Waals surface area contributed by atoms with Gasteiger partial charge < -0.3 is 10.6 Å². The number of fused-ring (bicyclic) bond motifs is 1. The number of nitrogens with two attached hydrogens (primary N) is 1. The van der Waals surface area contributed by atoms with Gasteiger partial charge in [0.15, 0.2) is 0 Å². The number of nitro benzene ring substituents is 1. The van der Waals surface area contributed by atoms with Gasteiger partial charge in [-0.25, -0.2) is 0 Å². The monoisotopic (exact) mass is 345 g/mol. The summed E-state index contributed by atoms with van der Waals surface area (Å²) < 4.78 is 0. The highest BCUT2D eigenvalue weighted by Gasteiger charge is 2.45. The Balaban J connectivity index is 2.09. The number of hydrogen-bond donors (Lipinski definition) is 1. The zero-order valence-corrected chi connectivity index (χ0v) is 14.0. The molecule has 1 heterocycles. The summed E-state index contributed by atoms with van der Waals surface area (Å²) in [6.45, 7) is 3.90. The van der Waals surface area contributed by atoms with Crippen LogP contribution in [0.3, 0.4) is 0 Å². The van der Waals surface area contributed by atoms with Crippen molar-refractivity contribution in [3.8, 4) is 0 Å². The van der Waals surface area contributed by atoms with Crippen molar-refractivity contribution in [2.75, 3.05) is 10.6 Å². The second kappa shape index (κ2) is 5.49. The summed E-state index contributed by atoms with van der Waals surface area (Å²) in [4.78, 5) is 25.0. The van der Waals surface area contributed by atoms with Gasteiger partial charge in [0.05, 0.1) is 22.6 Å². The van der Waals surface area contributed by atoms with E-state index < -0.39 is 10.3 Å². The van der Waals surface area contributed by atoms with E-state index in [1.54, 1.807) is 30.9 Å². The minimum atomic E-state index is -0.787. The van der Waals surface area contributed by atoms with Crippen molar-refractivity contribution in [3.63, 3.8) is 0 Å². The summed E-state index contributed by atoms with van der Waals surface area (Å²) in [5.41, 5.74) is 6.98. The highest BCUT2D eigenvalue weighted by molar-refractivity contribution is 6.30. The fourth-order valence-corrected chi connectivity index (χ4v) is 3.09. The third-order valence-electron chi connectivity index (χ3n) is 4.34. The largest absolute Gasteiger partial charge is 0.393 e. The maximum absolute atomic E-state index is 12.8. The molecule has 0 radical (unpaired) electrons. The van der Waals surface area contributed by atoms with Gasteiger partial charge in [-0.15, -0.1) is 0 Å². The first kappa shape index (κ1) is 16.3. The van der Waals surface area contributed by atoms with Gasteiger partial charge in [-0.05, 0) is 43.2 Å². The van der Waals surface area contributed by atoms with Crippen LogP contribution < -0.4 is 10.6 Å². The molecular weight excluding hydrogens is 330 g/mol. The average molecular weight is 346 g/mol. The molecule has 1 aliphatic rings. The topological polar surface area (TPSA) is 89.5 Å². The SMILES string of the molecule is CC1(C)C(=O)N(Cc2ccc(Cl)cc2)c2cc([N+](=O)[O-])c(N)cc21. The first-order valence-electron chi connectivity index (χ1n) is 7.36. The number of rotatable bonds is 3. The first-order valence-corrected chi connectivity index (χ1v) is 7.74. The van der Waals surface area contributed by atoms with E-state index in [1.165, 1.54) is 12.1 Å². The summed E-state index contributed by atoms with van der Waals surface area (Å²) >= 11 is 5.89. The van der Waals surface area contributed by atoms with Crippen LogP contribution in [0, 0.1) is 10.1 Å². The van der Waals surface area contributed by atoms with Gasteiger partial charge in [-0.2, -0.15) is 0 Å². The molecule has 0 fully saturated rings. The number of anilines is 2. The molecule has 2 N–H and O–H groups in total. The number of benzene rings is 2. The highest BCUT2D eigenvalue weighted by atomic mass is 35.5. The third kappa shape index (κ3) is 2.49. The van der Waals surface area contributed by atoms with Gasteiger partial charge in [0.25, 0.3) is 5.69 Å². The van der Waals surface area contributed by atoms with E-state index in [4.69, 9.17) is 17.3 Å². The van der Waals surface area contributed by atoms with E-state index >= 15 is 0 Å². The normalized spacial score (nSPS) is 15.5. The van der Waals surface area contributed by atoms with Gasteiger partial charge in [0.1, 0.15) is 5.69 Å². The molecule has 0 aliphatic carbocycles. The second-order valence-corrected chi connectivity index (χ2v) is 6.76. The predicted molar refractivity (Wildman–Crippen MR) is 93.2 cm³/mol. The Hall–Kier alpha value is -2.60. The van der Waals surface area contributed by atoms with Gasteiger partial charge in [-0.1, -0.05) is 23.7 Å². The van der Waals surface area contributed by atoms with Crippen LogP contribution in [-0.2, 0) is 16.8 Å². The zero-order valence-electron chi connectivity index (χ0n) is 13.2. The van der Waals surface area contributed by atoms with E-state index in [0.29, 0.717) is 22.8 Å². The highest BCUT2D eigenvalue weighted by Crippen LogP contribution is 2.45. The maximum Gasteiger partial charge on any atom is 0.294 e. The van der Waals surface area contributed by atoms with Crippen molar-refractivity contribution < 1.29 is 9.72 Å². The quantitative estimate of drug-likeness (QED) is 0.522. The molecule has 2 aromatic rings. The molecule has 124 valence electrons. The molecule has 2 aromatic carbocycles. The summed E-state index contributed by atoms with van der Waals surface area (Å²) in [6.07, 6.45) is 0. The molecule has 1 amide bonds. The molecule has 0 aromatic heterocycles. The Morgan fingerprint density at radius 2 is 1.88 bits per heavy atom. The van der Waals surface area contributed by atoms with Gasteiger partial charge in [0.2, 0.25) is 5.91 Å². The van der Waals surface area contributed by atoms with Crippen molar-refractivity contribution in [1.82, 2.24) is 0 Å². The Bertz CT molecular complexity index is 847. The van der Waals surface area contributed by atoms with E-state index in [0.717, 1.165) is 5.56 Å². The van der Waals surface area contributed by atoms with Crippen LogP contribution >= 0.6 is 11.6 Å². The van der Waals surface area contributed by atoms with E-state index in [9.17, 15) is 14.9 Å². The Kier molecular flexibility index (Phi) is 3.72. The molecule has 0 bridgehead atoms. The number of carbonyl (C=O) groups excluding carboxylic acids is 1. The van der Waals surface area contributed by atoms with Crippen molar-refractivity contribution in [2.24, 2.45) is 0 Å². The summed E-state index contributed by atoms with van der Waals surface area (Å²) in [6, 6.07) is 10.1. The molecule has 0 atom stereocenters. The van der Waals surface area contributed by atoms with Gasteiger partial charge in [0, 0.05) is 11.1 Å². The van der Waals surface area contributed by atoms with Crippen molar-refractivity contribution in [2.45, 2.75) is 25.8 Å². The summed E-state index contributed by atoms with van der Waals surface area (Å²) in [7, 11) is 0. The lowest BCUT2D eigenvalue weighted by molar-refractivity contribution is -0.383. The second-order valence-electron chi connectivity index (χ2n) is 6.33. The van der Waals surface area contributed by atoms with Crippen molar-refractivity contribution in [3.05, 3.63) is 62.7 Å². The van der Waals surface area contributed by atoms with E-state index in [1.807, 2.05) is 12.1 Å². The standard InChI is InChI=1S/C17H16ClN3O3/c1-17(2)12-7-13(19)15(21(23)24)8-14(12)20(16(17)22)9-10-3-5-11(18)6-4-10/h3-8H,9,19H2,1-2H3. The number of nitrogens with zero attached hydrogens (tertiary/aromatic N) is 2. The summed E-state index contributed by atoms with van der Waals surface area (Å²) in [5, 5.41) is 11.8. The molecule has 0 unspecified atom stereocenters. The van der Waals surface area contributed by atoms with Gasteiger partial charge >= 0.3 is 0 Å². The molecular formula is C17H16ClN3O3. The van der Waals surface area contributed by atoms with E-state index in [2.05, 4.69) is 0 Å². The maximum atomic E-state index is 12.8. The molecule has 0 saturated heterocycles. The lowest BCUT2D eigenvalue weighted by Crippen LogP contribution is -2.35. The van der Waals surface area contributed by atoms with Crippen LogP contribution in [0.4, 0.5) is 17.1 Å². The molecule has 3 rings (SSSR count). The minimum Gasteiger partial charge on any atom is -0.393 e. The Morgan fingerprint density at radius 1 is 1.25 bits per heavy atom. The smallest absolute Gasteiger partial charge is 0.294 e. The fraction of sp³-hybridized carbons (Fsp3) is 0.235. The molecule has 24 heavy (non-hydrogen) atoms. The Morgan fingerprint density at radius 3 is 2.46 bits per heavy atom. The van der Waals surface area contributed by atoms with Crippen LogP contribution in [0.25, 0.3) is 0 Å². The number of nitro groups is 1. The molecule has 0 saturated carbocycles. The molecule has 1 aliphatic heterocycles. The van der Waals surface area contributed by atoms with Crippen molar-refractivity contribution in [1.29, 1.82) is 0 Å². The lowest BCUT2D eigenvalue weighted by Gasteiger charge is -2.20. The van der Waals surface area contributed by atoms with Crippen LogP contribution in [-0.4, -0.2) is 10.8 Å². The minimum absolute atomic E-state index is 0.0629. The Labute approximate surface area is 144 Å². The molecule has 0 spiro atoms. The van der Waals surface area contributed by atoms with E-state index in [-0.39, 0.29) is 17.3 Å². The third-order valence-corrected chi connectivity index (χ3v) is 4.59. The van der Waals surface area contributed by atoms with Crippen LogP contribution in [0.2, 0.25) is 5.02 Å². The van der Waals surface area contributed by atoms with Gasteiger partial charge in [-0.3, -0.25) is 14.9 Å². The summed E-state index contributed by atoms with van der Waals surface area (Å²) in [5.74, 6) is -0.118. The van der Waals surface area contributed by atoms with Crippen LogP contribution in [0.15, 0.2) is 36.4 Å². The van der Waals surface area contributed by atoms with Crippen LogP contribution in [0.1, 0.15) is 25.0 Å². The number of hydrogen-bond acceptors (Lipinski definition) is 4. The predicted octanol–water partition coefficient (Wildman–Crippen LogP) is 3.65. The number of carbonyl (C=O) groups is 1. The lowest BCUT2D eigenvalue weighted by atomic mass is 9.86. The average Bonchev–Trinajstić information content (AvgIpc) is 2.69. The number of halogens is 1. The number of nitrogen functional groups attached to an aromatic ring is 1. The first-order chi connectivity index (χ1) is 11.2. The zero-order chi connectivity index (χ0) is 17.6. The molecule has 6 nitrogen and oxygen atoms in total.